The molecule has 0 atom stereocenters. The van der Waals surface area contributed by atoms with Crippen LogP contribution in [0.1, 0.15) is 91.9 Å². The third-order valence-corrected chi connectivity index (χ3v) is 6.05. The highest BCUT2D eigenvalue weighted by atomic mass is 17.3. The highest BCUT2D eigenvalue weighted by molar-refractivity contribution is 5.64. The third-order valence-electron chi connectivity index (χ3n) is 6.05. The van der Waals surface area contributed by atoms with Gasteiger partial charge in [0.05, 0.1) is 0 Å². The van der Waals surface area contributed by atoms with E-state index in [2.05, 4.69) is 9.78 Å². The van der Waals surface area contributed by atoms with Gasteiger partial charge in [-0.05, 0) is 65.2 Å². The molecule has 6 heteroatoms. The van der Waals surface area contributed by atoms with Gasteiger partial charge in [-0.3, -0.25) is 0 Å². The van der Waals surface area contributed by atoms with Crippen LogP contribution in [-0.4, -0.2) is 23.5 Å². The monoisotopic (exact) mass is 370 g/mol. The molecule has 0 radical (unpaired) electrons. The fourth-order valence-electron chi connectivity index (χ4n) is 4.29. The SMILES string of the molecule is CC(C)(OC(=O)OOC(=O)OC(C)(C)C1CCCCC1)C1CCCCC1. The maximum absolute atomic E-state index is 11.9. The molecular formula is C20H34O6. The van der Waals surface area contributed by atoms with Crippen molar-refractivity contribution in [3.63, 3.8) is 0 Å². The van der Waals surface area contributed by atoms with Crippen molar-refractivity contribution in [1.82, 2.24) is 0 Å². The zero-order valence-corrected chi connectivity index (χ0v) is 16.7. The minimum atomic E-state index is -1.01. The number of hydrogen-bond acceptors (Lipinski definition) is 6. The summed E-state index contributed by atoms with van der Waals surface area (Å²) in [4.78, 5) is 32.8. The Balaban J connectivity index is 1.74. The summed E-state index contributed by atoms with van der Waals surface area (Å²) in [6.45, 7) is 7.48. The van der Waals surface area contributed by atoms with Crippen LogP contribution in [0, 0.1) is 11.8 Å². The normalized spacial score (nSPS) is 20.3. The van der Waals surface area contributed by atoms with Gasteiger partial charge in [0.2, 0.25) is 0 Å². The Labute approximate surface area is 156 Å². The summed E-state index contributed by atoms with van der Waals surface area (Å²) in [5.74, 6) is 0.585. The molecule has 2 saturated carbocycles. The van der Waals surface area contributed by atoms with Crippen LogP contribution in [-0.2, 0) is 19.2 Å². The van der Waals surface area contributed by atoms with Crippen LogP contribution in [0.2, 0.25) is 0 Å². The zero-order chi connectivity index (χ0) is 19.2. The highest BCUT2D eigenvalue weighted by Crippen LogP contribution is 2.36. The molecule has 0 aliphatic heterocycles. The minimum Gasteiger partial charge on any atom is -0.425 e. The van der Waals surface area contributed by atoms with Crippen molar-refractivity contribution in [3.05, 3.63) is 0 Å². The second-order valence-electron chi connectivity index (χ2n) is 8.75. The summed E-state index contributed by atoms with van der Waals surface area (Å²) in [5, 5.41) is 0. The first-order valence-corrected chi connectivity index (χ1v) is 10.0. The van der Waals surface area contributed by atoms with Gasteiger partial charge < -0.3 is 9.47 Å². The first kappa shape index (κ1) is 20.8. The van der Waals surface area contributed by atoms with E-state index < -0.39 is 23.5 Å². The molecule has 26 heavy (non-hydrogen) atoms. The molecule has 0 heterocycles. The quantitative estimate of drug-likeness (QED) is 0.347. The summed E-state index contributed by atoms with van der Waals surface area (Å²) in [5.41, 5.74) is -1.29. The summed E-state index contributed by atoms with van der Waals surface area (Å²) in [7, 11) is 0. The van der Waals surface area contributed by atoms with Crippen molar-refractivity contribution in [3.8, 4) is 0 Å². The van der Waals surface area contributed by atoms with Crippen molar-refractivity contribution in [2.24, 2.45) is 11.8 Å². The highest BCUT2D eigenvalue weighted by Gasteiger charge is 2.37. The lowest BCUT2D eigenvalue weighted by molar-refractivity contribution is -0.239. The lowest BCUT2D eigenvalue weighted by Crippen LogP contribution is -2.39. The van der Waals surface area contributed by atoms with Crippen LogP contribution in [0.5, 0.6) is 0 Å². The fraction of sp³-hybridized carbons (Fsp3) is 0.900. The Kier molecular flexibility index (Phi) is 7.18. The van der Waals surface area contributed by atoms with E-state index in [0.29, 0.717) is 11.8 Å². The molecule has 2 aliphatic rings. The van der Waals surface area contributed by atoms with Gasteiger partial charge in [-0.2, -0.15) is 19.4 Å². The smallest absolute Gasteiger partial charge is 0.425 e. The molecule has 0 aromatic carbocycles. The van der Waals surface area contributed by atoms with E-state index in [-0.39, 0.29) is 0 Å². The van der Waals surface area contributed by atoms with Crippen molar-refractivity contribution < 1.29 is 28.8 Å². The topological polar surface area (TPSA) is 71.1 Å². The predicted octanol–water partition coefficient (Wildman–Crippen LogP) is 5.93. The lowest BCUT2D eigenvalue weighted by Gasteiger charge is -2.36. The Morgan fingerprint density at radius 2 is 0.923 bits per heavy atom. The fourth-order valence-corrected chi connectivity index (χ4v) is 4.29. The minimum absolute atomic E-state index is 0.293. The molecule has 0 aromatic rings. The van der Waals surface area contributed by atoms with Crippen LogP contribution in [0.15, 0.2) is 0 Å². The van der Waals surface area contributed by atoms with Gasteiger partial charge in [-0.15, -0.1) is 0 Å². The Bertz CT molecular complexity index is 429. The van der Waals surface area contributed by atoms with Crippen molar-refractivity contribution in [1.29, 1.82) is 0 Å². The van der Waals surface area contributed by atoms with E-state index >= 15 is 0 Å². The number of carbonyl (C=O) groups excluding carboxylic acids is 2. The van der Waals surface area contributed by atoms with E-state index in [1.54, 1.807) is 0 Å². The third kappa shape index (κ3) is 6.06. The second kappa shape index (κ2) is 8.96. The summed E-state index contributed by atoms with van der Waals surface area (Å²) < 4.78 is 10.8. The lowest BCUT2D eigenvalue weighted by atomic mass is 9.79. The molecule has 0 aromatic heterocycles. The summed E-state index contributed by atoms with van der Waals surface area (Å²) in [6, 6.07) is 0. The first-order chi connectivity index (χ1) is 12.2. The molecule has 2 fully saturated rings. The number of rotatable bonds is 4. The average molecular weight is 370 g/mol. The summed E-state index contributed by atoms with van der Waals surface area (Å²) in [6.07, 6.45) is 9.12. The van der Waals surface area contributed by atoms with Crippen molar-refractivity contribution in [2.75, 3.05) is 0 Å². The number of ether oxygens (including phenoxy) is 2. The average Bonchev–Trinajstić information content (AvgIpc) is 2.61. The van der Waals surface area contributed by atoms with Gasteiger partial charge >= 0.3 is 12.3 Å². The van der Waals surface area contributed by atoms with Crippen LogP contribution in [0.4, 0.5) is 9.59 Å². The molecule has 0 amide bonds. The Morgan fingerprint density at radius 3 is 1.23 bits per heavy atom. The standard InChI is InChI=1S/C20H34O6/c1-19(2,15-11-7-5-8-12-15)23-17(21)25-26-18(22)24-20(3,4)16-13-9-6-10-14-16/h15-16H,5-14H2,1-4H3. The zero-order valence-electron chi connectivity index (χ0n) is 16.7. The molecule has 2 rings (SSSR count). The first-order valence-electron chi connectivity index (χ1n) is 10.0. The van der Waals surface area contributed by atoms with Gasteiger partial charge in [0.15, 0.2) is 0 Å². The molecule has 0 unspecified atom stereocenters. The molecule has 150 valence electrons. The van der Waals surface area contributed by atoms with Crippen LogP contribution in [0.3, 0.4) is 0 Å². The molecule has 0 saturated heterocycles. The van der Waals surface area contributed by atoms with Crippen LogP contribution in [0.25, 0.3) is 0 Å². The van der Waals surface area contributed by atoms with Crippen LogP contribution < -0.4 is 0 Å². The maximum atomic E-state index is 11.9. The number of hydrogen-bond donors (Lipinski definition) is 0. The van der Waals surface area contributed by atoms with Gasteiger partial charge in [-0.1, -0.05) is 38.5 Å². The van der Waals surface area contributed by atoms with Gasteiger partial charge in [0.1, 0.15) is 11.2 Å². The summed E-state index contributed by atoms with van der Waals surface area (Å²) >= 11 is 0. The molecule has 0 spiro atoms. The molecule has 0 bridgehead atoms. The van der Waals surface area contributed by atoms with Gasteiger partial charge in [-0.25, -0.2) is 0 Å². The predicted molar refractivity (Wildman–Crippen MR) is 96.4 cm³/mol. The van der Waals surface area contributed by atoms with E-state index in [1.165, 1.54) is 12.8 Å². The molecule has 0 N–H and O–H groups in total. The Hall–Kier alpha value is -1.46. The largest absolute Gasteiger partial charge is 0.550 e. The van der Waals surface area contributed by atoms with Gasteiger partial charge in [0.25, 0.3) is 0 Å². The van der Waals surface area contributed by atoms with Crippen molar-refractivity contribution >= 4 is 12.3 Å². The molecule has 2 aliphatic carbocycles. The van der Waals surface area contributed by atoms with E-state index in [0.717, 1.165) is 51.4 Å². The second-order valence-corrected chi connectivity index (χ2v) is 8.75. The molecular weight excluding hydrogens is 336 g/mol. The van der Waals surface area contributed by atoms with Crippen molar-refractivity contribution in [2.45, 2.75) is 103 Å². The maximum Gasteiger partial charge on any atom is 0.550 e. The Morgan fingerprint density at radius 1 is 0.615 bits per heavy atom. The van der Waals surface area contributed by atoms with E-state index in [1.807, 2.05) is 27.7 Å². The van der Waals surface area contributed by atoms with Crippen LogP contribution >= 0.6 is 0 Å². The van der Waals surface area contributed by atoms with E-state index in [4.69, 9.17) is 9.47 Å². The van der Waals surface area contributed by atoms with Gasteiger partial charge in [0, 0.05) is 0 Å². The molecule has 6 nitrogen and oxygen atoms in total. The van der Waals surface area contributed by atoms with E-state index in [9.17, 15) is 9.59 Å². The number of carbonyl (C=O) groups is 2.